The van der Waals surface area contributed by atoms with Gasteiger partial charge < -0.3 is 10.0 Å². The van der Waals surface area contributed by atoms with Gasteiger partial charge in [0.15, 0.2) is 0 Å². The molecule has 2 rings (SSSR count). The molecule has 2 heterocycles. The second-order valence-electron chi connectivity index (χ2n) is 3.97. The van der Waals surface area contributed by atoms with Crippen LogP contribution in [-0.4, -0.2) is 35.7 Å². The lowest BCUT2D eigenvalue weighted by Crippen LogP contribution is -2.33. The lowest BCUT2D eigenvalue weighted by Gasteiger charge is -2.21. The fourth-order valence-corrected chi connectivity index (χ4v) is 2.78. The zero-order chi connectivity index (χ0) is 9.31. The molecule has 0 bridgehead atoms. The molecule has 0 aliphatic carbocycles. The molecule has 1 aromatic rings. The summed E-state index contributed by atoms with van der Waals surface area (Å²) in [5, 5.41) is 12.3. The van der Waals surface area contributed by atoms with E-state index >= 15 is 0 Å². The molecule has 2 nitrogen and oxygen atoms in total. The fourth-order valence-electron chi connectivity index (χ4n) is 1.94. The van der Waals surface area contributed by atoms with E-state index in [1.807, 2.05) is 6.07 Å². The Kier molecular flexibility index (Phi) is 2.41. The Morgan fingerprint density at radius 3 is 3.08 bits per heavy atom. The smallest absolute Gasteiger partial charge is 0.0834 e. The molecule has 0 saturated carbocycles. The number of likely N-dealkylation sites (tertiary alicyclic amines) is 1. The van der Waals surface area contributed by atoms with Crippen LogP contribution in [0.3, 0.4) is 0 Å². The summed E-state index contributed by atoms with van der Waals surface area (Å²) >= 11 is 1.73. The Labute approximate surface area is 82.8 Å². The molecule has 13 heavy (non-hydrogen) atoms. The Morgan fingerprint density at radius 2 is 2.54 bits per heavy atom. The van der Waals surface area contributed by atoms with E-state index in [4.69, 9.17) is 0 Å². The molecule has 3 heteroatoms. The molecule has 1 saturated heterocycles. The van der Waals surface area contributed by atoms with Gasteiger partial charge in [-0.15, -0.1) is 11.3 Å². The first-order valence-electron chi connectivity index (χ1n) is 4.61. The van der Waals surface area contributed by atoms with Crippen LogP contribution >= 0.6 is 11.3 Å². The largest absolute Gasteiger partial charge is 0.388 e. The highest BCUT2D eigenvalue weighted by Crippen LogP contribution is 2.26. The van der Waals surface area contributed by atoms with Gasteiger partial charge in [-0.2, -0.15) is 0 Å². The maximum Gasteiger partial charge on any atom is 0.0834 e. The number of thiophene rings is 1. The van der Waals surface area contributed by atoms with Gasteiger partial charge in [-0.1, -0.05) is 6.07 Å². The van der Waals surface area contributed by atoms with E-state index in [1.54, 1.807) is 11.3 Å². The molecule has 0 spiro atoms. The minimum Gasteiger partial charge on any atom is -0.388 e. The van der Waals surface area contributed by atoms with Crippen LogP contribution in [0.4, 0.5) is 0 Å². The van der Waals surface area contributed by atoms with Crippen LogP contribution in [0, 0.1) is 0 Å². The van der Waals surface area contributed by atoms with Crippen molar-refractivity contribution in [2.45, 2.75) is 18.4 Å². The highest BCUT2D eigenvalue weighted by atomic mass is 32.1. The number of aliphatic hydroxyl groups is 1. The molecule has 72 valence electrons. The zero-order valence-corrected chi connectivity index (χ0v) is 8.68. The van der Waals surface area contributed by atoms with Gasteiger partial charge in [0.1, 0.15) is 0 Å². The number of likely N-dealkylation sites (N-methyl/N-ethyl adjacent to an activating group) is 1. The lowest BCUT2D eigenvalue weighted by molar-refractivity contribution is 0.0531. The molecule has 1 N–H and O–H groups in total. The second-order valence-corrected chi connectivity index (χ2v) is 5.00. The summed E-state index contributed by atoms with van der Waals surface area (Å²) in [4.78, 5) is 3.48. The van der Waals surface area contributed by atoms with E-state index in [0.29, 0.717) is 0 Å². The normalized spacial score (nSPS) is 29.7. The lowest BCUT2D eigenvalue weighted by atomic mass is 9.98. The Bertz CT molecular complexity index is 272. The number of nitrogens with zero attached hydrogens (tertiary/aromatic N) is 1. The Hall–Kier alpha value is -0.380. The van der Waals surface area contributed by atoms with E-state index < -0.39 is 5.60 Å². The van der Waals surface area contributed by atoms with Gasteiger partial charge in [-0.25, -0.2) is 0 Å². The highest BCUT2D eigenvalue weighted by Gasteiger charge is 2.34. The molecule has 0 radical (unpaired) electrons. The van der Waals surface area contributed by atoms with Gasteiger partial charge in [0.05, 0.1) is 5.60 Å². The van der Waals surface area contributed by atoms with Crippen molar-refractivity contribution in [3.05, 3.63) is 22.4 Å². The molecule has 1 unspecified atom stereocenters. The van der Waals surface area contributed by atoms with Crippen molar-refractivity contribution < 1.29 is 5.11 Å². The van der Waals surface area contributed by atoms with E-state index in [-0.39, 0.29) is 0 Å². The zero-order valence-electron chi connectivity index (χ0n) is 7.86. The minimum absolute atomic E-state index is 0.473. The van der Waals surface area contributed by atoms with Crippen LogP contribution in [0.25, 0.3) is 0 Å². The number of hydrogen-bond acceptors (Lipinski definition) is 3. The van der Waals surface area contributed by atoms with E-state index in [0.717, 1.165) is 25.9 Å². The molecule has 1 aliphatic heterocycles. The minimum atomic E-state index is -0.473. The fraction of sp³-hybridized carbons (Fsp3) is 0.600. The summed E-state index contributed by atoms with van der Waals surface area (Å²) in [5.74, 6) is 0. The van der Waals surface area contributed by atoms with Gasteiger partial charge in [-0.3, -0.25) is 0 Å². The first kappa shape index (κ1) is 9.19. The van der Waals surface area contributed by atoms with Crippen molar-refractivity contribution in [1.29, 1.82) is 0 Å². The predicted octanol–water partition coefficient (Wildman–Crippen LogP) is 1.36. The van der Waals surface area contributed by atoms with Crippen molar-refractivity contribution in [3.8, 4) is 0 Å². The van der Waals surface area contributed by atoms with Gasteiger partial charge in [0.2, 0.25) is 0 Å². The predicted molar refractivity (Wildman–Crippen MR) is 55.1 cm³/mol. The third kappa shape index (κ3) is 2.10. The number of β-amino-alcohol motifs (C(OH)–C–C–N with tert-alkyl or cyclic N) is 1. The van der Waals surface area contributed by atoms with Gasteiger partial charge >= 0.3 is 0 Å². The van der Waals surface area contributed by atoms with E-state index in [1.165, 1.54) is 4.88 Å². The molecular weight excluding hydrogens is 182 g/mol. The average Bonchev–Trinajstić information content (AvgIpc) is 2.62. The third-order valence-electron chi connectivity index (χ3n) is 2.61. The first-order chi connectivity index (χ1) is 6.18. The molecule has 0 aromatic carbocycles. The van der Waals surface area contributed by atoms with Crippen LogP contribution in [0.15, 0.2) is 17.5 Å². The number of hydrogen-bond donors (Lipinski definition) is 1. The molecule has 1 aromatic heterocycles. The van der Waals surface area contributed by atoms with E-state index in [9.17, 15) is 5.11 Å². The first-order valence-corrected chi connectivity index (χ1v) is 5.49. The SMILES string of the molecule is CN1CCC(O)(Cc2cccs2)C1. The Morgan fingerprint density at radius 1 is 1.69 bits per heavy atom. The summed E-state index contributed by atoms with van der Waals surface area (Å²) in [5.41, 5.74) is -0.473. The van der Waals surface area contributed by atoms with Crippen molar-refractivity contribution >= 4 is 11.3 Å². The molecular formula is C10H15NOS. The summed E-state index contributed by atoms with van der Waals surface area (Å²) < 4.78 is 0. The highest BCUT2D eigenvalue weighted by molar-refractivity contribution is 7.09. The molecule has 1 fully saturated rings. The van der Waals surface area contributed by atoms with Gasteiger partial charge in [-0.05, 0) is 24.9 Å². The van der Waals surface area contributed by atoms with Crippen molar-refractivity contribution in [2.75, 3.05) is 20.1 Å². The molecule has 1 atom stereocenters. The third-order valence-corrected chi connectivity index (χ3v) is 3.48. The summed E-state index contributed by atoms with van der Waals surface area (Å²) in [6.45, 7) is 1.83. The topological polar surface area (TPSA) is 23.5 Å². The van der Waals surface area contributed by atoms with Crippen molar-refractivity contribution in [1.82, 2.24) is 4.90 Å². The molecule has 0 amide bonds. The van der Waals surface area contributed by atoms with Crippen LogP contribution in [0.1, 0.15) is 11.3 Å². The van der Waals surface area contributed by atoms with Crippen molar-refractivity contribution in [3.63, 3.8) is 0 Å². The Balaban J connectivity index is 2.01. The van der Waals surface area contributed by atoms with Crippen LogP contribution in [-0.2, 0) is 6.42 Å². The standard InChI is InChI=1S/C10H15NOS/c1-11-5-4-10(12,8-11)7-9-3-2-6-13-9/h2-3,6,12H,4-5,7-8H2,1H3. The summed E-state index contributed by atoms with van der Waals surface area (Å²) in [6, 6.07) is 4.14. The van der Waals surface area contributed by atoms with Gasteiger partial charge in [0.25, 0.3) is 0 Å². The van der Waals surface area contributed by atoms with Gasteiger partial charge in [0, 0.05) is 24.4 Å². The molecule has 1 aliphatic rings. The maximum atomic E-state index is 10.2. The van der Waals surface area contributed by atoms with Crippen LogP contribution in [0.5, 0.6) is 0 Å². The van der Waals surface area contributed by atoms with E-state index in [2.05, 4.69) is 23.4 Å². The number of rotatable bonds is 2. The average molecular weight is 197 g/mol. The summed E-state index contributed by atoms with van der Waals surface area (Å²) in [7, 11) is 2.06. The van der Waals surface area contributed by atoms with Crippen LogP contribution < -0.4 is 0 Å². The second kappa shape index (κ2) is 3.40. The van der Waals surface area contributed by atoms with Crippen molar-refractivity contribution in [2.24, 2.45) is 0 Å². The quantitative estimate of drug-likeness (QED) is 0.774. The monoisotopic (exact) mass is 197 g/mol. The summed E-state index contributed by atoms with van der Waals surface area (Å²) in [6.07, 6.45) is 1.72. The van der Waals surface area contributed by atoms with Crippen LogP contribution in [0.2, 0.25) is 0 Å². The maximum absolute atomic E-state index is 10.2.